The first-order valence-electron chi connectivity index (χ1n) is 4.06. The molecule has 1 aromatic rings. The summed E-state index contributed by atoms with van der Waals surface area (Å²) in [7, 11) is 0. The van der Waals surface area contributed by atoms with Gasteiger partial charge in [0.15, 0.2) is 0 Å². The van der Waals surface area contributed by atoms with E-state index in [9.17, 15) is 0 Å². The molecule has 0 aromatic carbocycles. The van der Waals surface area contributed by atoms with Gasteiger partial charge in [0.2, 0.25) is 0 Å². The zero-order valence-electron chi connectivity index (χ0n) is 7.68. The summed E-state index contributed by atoms with van der Waals surface area (Å²) in [5.74, 6) is 0. The van der Waals surface area contributed by atoms with Gasteiger partial charge in [0.1, 0.15) is 6.07 Å². The molecule has 62 valence electrons. The van der Waals surface area contributed by atoms with Crippen LogP contribution in [0, 0.1) is 25.2 Å². The van der Waals surface area contributed by atoms with Gasteiger partial charge in [-0.05, 0) is 31.9 Å². The minimum Gasteiger partial charge on any atom is -0.257 e. The predicted octanol–water partition coefficient (Wildman–Crippen LogP) is 2.13. The van der Waals surface area contributed by atoms with Gasteiger partial charge in [-0.1, -0.05) is 6.92 Å². The van der Waals surface area contributed by atoms with Gasteiger partial charge >= 0.3 is 0 Å². The fourth-order valence-corrected chi connectivity index (χ4v) is 1.34. The van der Waals surface area contributed by atoms with E-state index >= 15 is 0 Å². The van der Waals surface area contributed by atoms with Crippen LogP contribution in [0.25, 0.3) is 0 Å². The van der Waals surface area contributed by atoms with E-state index in [1.807, 2.05) is 19.9 Å². The van der Waals surface area contributed by atoms with Crippen LogP contribution >= 0.6 is 0 Å². The number of nitriles is 1. The zero-order valence-corrected chi connectivity index (χ0v) is 7.68. The highest BCUT2D eigenvalue weighted by molar-refractivity contribution is 5.41. The molecular weight excluding hydrogens is 148 g/mol. The van der Waals surface area contributed by atoms with E-state index in [1.54, 1.807) is 0 Å². The number of aryl methyl sites for hydroxylation is 3. The summed E-state index contributed by atoms with van der Waals surface area (Å²) in [5.41, 5.74) is 3.67. The number of rotatable bonds is 1. The first-order chi connectivity index (χ1) is 5.69. The smallest absolute Gasteiger partial charge is 0.101 e. The topological polar surface area (TPSA) is 36.7 Å². The molecule has 1 rings (SSSR count). The van der Waals surface area contributed by atoms with Gasteiger partial charge in [0.05, 0.1) is 11.3 Å². The zero-order chi connectivity index (χ0) is 9.14. The molecule has 0 spiro atoms. The summed E-state index contributed by atoms with van der Waals surface area (Å²) in [5, 5.41) is 8.83. The number of pyridine rings is 1. The molecular formula is C10H12N2. The largest absolute Gasteiger partial charge is 0.257 e. The molecule has 0 unspecified atom stereocenters. The number of hydrogen-bond acceptors (Lipinski definition) is 2. The lowest BCUT2D eigenvalue weighted by Gasteiger charge is -2.04. The summed E-state index contributed by atoms with van der Waals surface area (Å²) in [6.07, 6.45) is 0.896. The van der Waals surface area contributed by atoms with Crippen LogP contribution in [-0.4, -0.2) is 4.98 Å². The molecule has 0 aliphatic rings. The van der Waals surface area contributed by atoms with Crippen molar-refractivity contribution in [3.05, 3.63) is 28.6 Å². The predicted molar refractivity (Wildman–Crippen MR) is 47.8 cm³/mol. The van der Waals surface area contributed by atoms with Crippen LogP contribution in [0.3, 0.4) is 0 Å². The van der Waals surface area contributed by atoms with Crippen molar-refractivity contribution >= 4 is 0 Å². The molecule has 0 atom stereocenters. The second-order valence-electron chi connectivity index (χ2n) is 2.85. The number of nitrogens with zero attached hydrogens (tertiary/aromatic N) is 2. The lowest BCUT2D eigenvalue weighted by molar-refractivity contribution is 1.03. The average molecular weight is 160 g/mol. The van der Waals surface area contributed by atoms with Crippen molar-refractivity contribution in [3.8, 4) is 6.07 Å². The molecule has 0 saturated heterocycles. The lowest BCUT2D eigenvalue weighted by atomic mass is 10.0. The average Bonchev–Trinajstić information content (AvgIpc) is 2.03. The van der Waals surface area contributed by atoms with Crippen LogP contribution in [0.2, 0.25) is 0 Å². The summed E-state index contributed by atoms with van der Waals surface area (Å²) in [6.45, 7) is 5.88. The Balaban J connectivity index is 3.36. The Bertz CT molecular complexity index is 334. The van der Waals surface area contributed by atoms with Crippen LogP contribution in [-0.2, 0) is 6.42 Å². The molecule has 2 heteroatoms. The quantitative estimate of drug-likeness (QED) is 0.631. The summed E-state index contributed by atoms with van der Waals surface area (Å²) < 4.78 is 0. The third-order valence-corrected chi connectivity index (χ3v) is 1.90. The Kier molecular flexibility index (Phi) is 2.44. The van der Waals surface area contributed by atoms with Crippen molar-refractivity contribution in [2.45, 2.75) is 27.2 Å². The maximum atomic E-state index is 8.83. The molecule has 0 N–H and O–H groups in total. The van der Waals surface area contributed by atoms with Crippen molar-refractivity contribution in [1.29, 1.82) is 5.26 Å². The molecule has 0 fully saturated rings. The molecule has 0 radical (unpaired) electrons. The fraction of sp³-hybridized carbons (Fsp3) is 0.400. The van der Waals surface area contributed by atoms with Gasteiger partial charge in [0, 0.05) is 5.69 Å². The molecule has 2 nitrogen and oxygen atoms in total. The maximum Gasteiger partial charge on any atom is 0.101 e. The first kappa shape index (κ1) is 8.73. The monoisotopic (exact) mass is 160 g/mol. The van der Waals surface area contributed by atoms with Crippen molar-refractivity contribution in [3.63, 3.8) is 0 Å². The summed E-state index contributed by atoms with van der Waals surface area (Å²) in [6, 6.07) is 4.16. The van der Waals surface area contributed by atoms with Crippen LogP contribution in [0.5, 0.6) is 0 Å². The minimum atomic E-state index is 0.739. The fourth-order valence-electron chi connectivity index (χ4n) is 1.34. The van der Waals surface area contributed by atoms with Gasteiger partial charge in [-0.2, -0.15) is 5.26 Å². The summed E-state index contributed by atoms with van der Waals surface area (Å²) >= 11 is 0. The van der Waals surface area contributed by atoms with Crippen LogP contribution < -0.4 is 0 Å². The number of hydrogen-bond donors (Lipinski definition) is 0. The Hall–Kier alpha value is -1.36. The standard InChI is InChI=1S/C10H12N2/c1-4-9-5-7(2)12-8(3)10(9)6-11/h5H,4H2,1-3H3. The minimum absolute atomic E-state index is 0.739. The lowest BCUT2D eigenvalue weighted by Crippen LogP contribution is -1.96. The first-order valence-corrected chi connectivity index (χ1v) is 4.06. The van der Waals surface area contributed by atoms with Crippen LogP contribution in [0.15, 0.2) is 6.07 Å². The molecule has 0 aliphatic heterocycles. The van der Waals surface area contributed by atoms with E-state index in [1.165, 1.54) is 0 Å². The maximum absolute atomic E-state index is 8.83. The Labute approximate surface area is 72.9 Å². The highest BCUT2D eigenvalue weighted by Gasteiger charge is 2.04. The third-order valence-electron chi connectivity index (χ3n) is 1.90. The van der Waals surface area contributed by atoms with Crippen LogP contribution in [0.4, 0.5) is 0 Å². The van der Waals surface area contributed by atoms with Gasteiger partial charge in [0.25, 0.3) is 0 Å². The third kappa shape index (κ3) is 1.45. The molecule has 0 saturated carbocycles. The van der Waals surface area contributed by atoms with E-state index < -0.39 is 0 Å². The van der Waals surface area contributed by atoms with Crippen molar-refractivity contribution in [1.82, 2.24) is 4.98 Å². The van der Waals surface area contributed by atoms with E-state index in [4.69, 9.17) is 5.26 Å². The highest BCUT2D eigenvalue weighted by atomic mass is 14.7. The van der Waals surface area contributed by atoms with Gasteiger partial charge in [-0.3, -0.25) is 4.98 Å². The van der Waals surface area contributed by atoms with E-state index in [0.29, 0.717) is 0 Å². The normalized spacial score (nSPS) is 9.50. The summed E-state index contributed by atoms with van der Waals surface area (Å²) in [4.78, 5) is 4.23. The SMILES string of the molecule is CCc1cc(C)nc(C)c1C#N. The molecule has 0 bridgehead atoms. The van der Waals surface area contributed by atoms with Crippen molar-refractivity contribution in [2.75, 3.05) is 0 Å². The van der Waals surface area contributed by atoms with E-state index in [2.05, 4.69) is 18.0 Å². The van der Waals surface area contributed by atoms with Crippen molar-refractivity contribution < 1.29 is 0 Å². The molecule has 1 aromatic heterocycles. The molecule has 0 aliphatic carbocycles. The highest BCUT2D eigenvalue weighted by Crippen LogP contribution is 2.13. The number of aromatic nitrogens is 1. The second-order valence-corrected chi connectivity index (χ2v) is 2.85. The molecule has 0 amide bonds. The Morgan fingerprint density at radius 1 is 1.50 bits per heavy atom. The van der Waals surface area contributed by atoms with Gasteiger partial charge in [-0.25, -0.2) is 0 Å². The molecule has 1 heterocycles. The van der Waals surface area contributed by atoms with E-state index in [0.717, 1.165) is 28.9 Å². The van der Waals surface area contributed by atoms with E-state index in [-0.39, 0.29) is 0 Å². The molecule has 12 heavy (non-hydrogen) atoms. The second kappa shape index (κ2) is 3.36. The van der Waals surface area contributed by atoms with Crippen molar-refractivity contribution in [2.24, 2.45) is 0 Å². The Morgan fingerprint density at radius 3 is 2.67 bits per heavy atom. The van der Waals surface area contributed by atoms with Gasteiger partial charge < -0.3 is 0 Å². The van der Waals surface area contributed by atoms with Crippen LogP contribution in [0.1, 0.15) is 29.4 Å². The Morgan fingerprint density at radius 2 is 2.17 bits per heavy atom. The van der Waals surface area contributed by atoms with Gasteiger partial charge in [-0.15, -0.1) is 0 Å².